The number of benzene rings is 1. The summed E-state index contributed by atoms with van der Waals surface area (Å²) in [5.41, 5.74) is 6.53. The predicted octanol–water partition coefficient (Wildman–Crippen LogP) is 3.11. The number of rotatable bonds is 3. The van der Waals surface area contributed by atoms with Crippen molar-refractivity contribution in [1.29, 1.82) is 0 Å². The first-order valence-corrected chi connectivity index (χ1v) is 5.90. The molecule has 1 atom stereocenters. The standard InChI is InChI=1S/C11H11ClN2OS/c1-15-10(9-6-14-11(13)16-9)7-4-2-3-5-8(7)12/h2-6,10H,1H3,(H2,13,14). The Morgan fingerprint density at radius 3 is 2.75 bits per heavy atom. The van der Waals surface area contributed by atoms with Gasteiger partial charge >= 0.3 is 0 Å². The van der Waals surface area contributed by atoms with Crippen molar-refractivity contribution in [1.82, 2.24) is 4.98 Å². The maximum atomic E-state index is 6.13. The molecule has 1 aromatic carbocycles. The molecule has 2 rings (SSSR count). The Morgan fingerprint density at radius 1 is 1.44 bits per heavy atom. The van der Waals surface area contributed by atoms with E-state index in [0.29, 0.717) is 10.2 Å². The minimum Gasteiger partial charge on any atom is -0.375 e. The molecule has 1 unspecified atom stereocenters. The third-order valence-electron chi connectivity index (χ3n) is 2.22. The molecule has 0 fully saturated rings. The van der Waals surface area contributed by atoms with Crippen molar-refractivity contribution in [3.8, 4) is 0 Å². The van der Waals surface area contributed by atoms with E-state index in [9.17, 15) is 0 Å². The molecular weight excluding hydrogens is 244 g/mol. The fourth-order valence-electron chi connectivity index (χ4n) is 1.51. The van der Waals surface area contributed by atoms with E-state index in [-0.39, 0.29) is 6.10 Å². The number of methoxy groups -OCH3 is 1. The molecule has 2 N–H and O–H groups in total. The van der Waals surface area contributed by atoms with Crippen LogP contribution in [0.15, 0.2) is 30.5 Å². The molecular formula is C11H11ClN2OS. The van der Waals surface area contributed by atoms with Crippen molar-refractivity contribution in [3.05, 3.63) is 45.9 Å². The van der Waals surface area contributed by atoms with E-state index in [1.54, 1.807) is 13.3 Å². The molecule has 5 heteroatoms. The molecule has 1 heterocycles. The maximum Gasteiger partial charge on any atom is 0.180 e. The third kappa shape index (κ3) is 2.19. The molecule has 16 heavy (non-hydrogen) atoms. The second kappa shape index (κ2) is 4.82. The fraction of sp³-hybridized carbons (Fsp3) is 0.182. The van der Waals surface area contributed by atoms with Crippen molar-refractivity contribution in [2.24, 2.45) is 0 Å². The van der Waals surface area contributed by atoms with E-state index in [1.807, 2.05) is 24.3 Å². The lowest BCUT2D eigenvalue weighted by Gasteiger charge is -2.14. The van der Waals surface area contributed by atoms with Gasteiger partial charge < -0.3 is 10.5 Å². The first kappa shape index (κ1) is 11.4. The number of halogens is 1. The average Bonchev–Trinajstić information content (AvgIpc) is 2.69. The summed E-state index contributed by atoms with van der Waals surface area (Å²) in [6.07, 6.45) is 1.51. The average molecular weight is 255 g/mol. The predicted molar refractivity (Wildman–Crippen MR) is 66.8 cm³/mol. The fourth-order valence-corrected chi connectivity index (χ4v) is 2.52. The molecule has 0 spiro atoms. The van der Waals surface area contributed by atoms with Crippen LogP contribution in [0.25, 0.3) is 0 Å². The minimum absolute atomic E-state index is 0.205. The van der Waals surface area contributed by atoms with Crippen LogP contribution in [0.3, 0.4) is 0 Å². The van der Waals surface area contributed by atoms with E-state index < -0.39 is 0 Å². The molecule has 0 bridgehead atoms. The molecule has 2 aromatic rings. The van der Waals surface area contributed by atoms with E-state index in [2.05, 4.69) is 4.98 Å². The van der Waals surface area contributed by atoms with Gasteiger partial charge in [0.05, 0.1) is 4.88 Å². The van der Waals surface area contributed by atoms with Gasteiger partial charge in [0.15, 0.2) is 5.13 Å². The van der Waals surface area contributed by atoms with Gasteiger partial charge in [-0.1, -0.05) is 41.1 Å². The zero-order valence-corrected chi connectivity index (χ0v) is 10.3. The molecule has 1 aromatic heterocycles. The Balaban J connectivity index is 2.40. The van der Waals surface area contributed by atoms with Crippen LogP contribution in [0.1, 0.15) is 16.5 Å². The number of aromatic nitrogens is 1. The van der Waals surface area contributed by atoms with Crippen LogP contribution < -0.4 is 5.73 Å². The largest absolute Gasteiger partial charge is 0.375 e. The Labute approximate surface area is 103 Å². The topological polar surface area (TPSA) is 48.1 Å². The van der Waals surface area contributed by atoms with Gasteiger partial charge in [0, 0.05) is 23.9 Å². The summed E-state index contributed by atoms with van der Waals surface area (Å²) >= 11 is 7.53. The minimum atomic E-state index is -0.205. The molecule has 0 amide bonds. The van der Waals surface area contributed by atoms with Gasteiger partial charge in [0.1, 0.15) is 6.10 Å². The van der Waals surface area contributed by atoms with Crippen LogP contribution in [-0.2, 0) is 4.74 Å². The monoisotopic (exact) mass is 254 g/mol. The lowest BCUT2D eigenvalue weighted by molar-refractivity contribution is 0.139. The highest BCUT2D eigenvalue weighted by molar-refractivity contribution is 7.15. The van der Waals surface area contributed by atoms with Gasteiger partial charge in [-0.05, 0) is 6.07 Å². The van der Waals surface area contributed by atoms with Crippen LogP contribution in [0.5, 0.6) is 0 Å². The molecule has 3 nitrogen and oxygen atoms in total. The van der Waals surface area contributed by atoms with Gasteiger partial charge in [-0.15, -0.1) is 0 Å². The van der Waals surface area contributed by atoms with Crippen molar-refractivity contribution in [2.75, 3.05) is 12.8 Å². The van der Waals surface area contributed by atoms with Gasteiger partial charge in [-0.2, -0.15) is 0 Å². The molecule has 84 valence electrons. The highest BCUT2D eigenvalue weighted by atomic mass is 35.5. The summed E-state index contributed by atoms with van der Waals surface area (Å²) in [7, 11) is 1.64. The number of nitrogens with two attached hydrogens (primary N) is 1. The first-order valence-electron chi connectivity index (χ1n) is 4.71. The summed E-state index contributed by atoms with van der Waals surface area (Å²) in [4.78, 5) is 4.97. The summed E-state index contributed by atoms with van der Waals surface area (Å²) < 4.78 is 5.45. The number of thiazole rings is 1. The number of hydrogen-bond donors (Lipinski definition) is 1. The van der Waals surface area contributed by atoms with E-state index >= 15 is 0 Å². The Bertz CT molecular complexity index is 486. The summed E-state index contributed by atoms with van der Waals surface area (Å²) in [6, 6.07) is 7.59. The number of hydrogen-bond acceptors (Lipinski definition) is 4. The van der Waals surface area contributed by atoms with E-state index in [4.69, 9.17) is 22.1 Å². The Morgan fingerprint density at radius 2 is 2.19 bits per heavy atom. The first-order chi connectivity index (χ1) is 7.72. The van der Waals surface area contributed by atoms with Crippen molar-refractivity contribution in [3.63, 3.8) is 0 Å². The van der Waals surface area contributed by atoms with Crippen molar-refractivity contribution >= 4 is 28.1 Å². The molecule has 0 saturated heterocycles. The van der Waals surface area contributed by atoms with Gasteiger partial charge in [0.25, 0.3) is 0 Å². The number of nitrogen functional groups attached to an aromatic ring is 1. The Kier molecular flexibility index (Phi) is 3.43. The van der Waals surface area contributed by atoms with Crippen molar-refractivity contribution < 1.29 is 4.74 Å². The second-order valence-corrected chi connectivity index (χ2v) is 4.74. The molecule has 0 aliphatic carbocycles. The van der Waals surface area contributed by atoms with E-state index in [1.165, 1.54) is 11.3 Å². The SMILES string of the molecule is COC(c1cnc(N)s1)c1ccccc1Cl. The highest BCUT2D eigenvalue weighted by Gasteiger charge is 2.18. The molecule has 0 saturated carbocycles. The summed E-state index contributed by atoms with van der Waals surface area (Å²) in [5, 5.41) is 1.21. The molecule has 0 radical (unpaired) electrons. The van der Waals surface area contributed by atoms with Crippen LogP contribution in [0.2, 0.25) is 5.02 Å². The Hall–Kier alpha value is -1.10. The lowest BCUT2D eigenvalue weighted by atomic mass is 10.1. The van der Waals surface area contributed by atoms with Gasteiger partial charge in [-0.25, -0.2) is 4.98 Å². The zero-order chi connectivity index (χ0) is 11.5. The number of nitrogens with zero attached hydrogens (tertiary/aromatic N) is 1. The number of ether oxygens (including phenoxy) is 1. The quantitative estimate of drug-likeness (QED) is 0.916. The maximum absolute atomic E-state index is 6.13. The van der Waals surface area contributed by atoms with Crippen LogP contribution in [0.4, 0.5) is 5.13 Å². The molecule has 0 aliphatic heterocycles. The van der Waals surface area contributed by atoms with Crippen molar-refractivity contribution in [2.45, 2.75) is 6.10 Å². The zero-order valence-electron chi connectivity index (χ0n) is 8.68. The summed E-state index contributed by atoms with van der Waals surface area (Å²) in [5.74, 6) is 0. The van der Waals surface area contributed by atoms with Gasteiger partial charge in [-0.3, -0.25) is 0 Å². The normalized spacial score (nSPS) is 12.6. The second-order valence-electron chi connectivity index (χ2n) is 3.24. The molecule has 0 aliphatic rings. The van der Waals surface area contributed by atoms with E-state index in [0.717, 1.165) is 10.4 Å². The third-order valence-corrected chi connectivity index (χ3v) is 3.44. The summed E-state index contributed by atoms with van der Waals surface area (Å²) in [6.45, 7) is 0. The highest BCUT2D eigenvalue weighted by Crippen LogP contribution is 2.34. The smallest absolute Gasteiger partial charge is 0.180 e. The number of anilines is 1. The van der Waals surface area contributed by atoms with Crippen LogP contribution in [-0.4, -0.2) is 12.1 Å². The van der Waals surface area contributed by atoms with Crippen LogP contribution >= 0.6 is 22.9 Å². The lowest BCUT2D eigenvalue weighted by Crippen LogP contribution is -2.01. The van der Waals surface area contributed by atoms with Gasteiger partial charge in [0.2, 0.25) is 0 Å². The van der Waals surface area contributed by atoms with Crippen LogP contribution in [0, 0.1) is 0 Å².